The standard InChI is InChI=1S/C13H7FN4O/c14-8-3-4-10-9(6-8)12-16-17-13(18(12)7-15-10)11-2-1-5-19-11/h1-7H. The first kappa shape index (κ1) is 10.2. The first-order valence-corrected chi connectivity index (χ1v) is 5.66. The minimum Gasteiger partial charge on any atom is -0.461 e. The van der Waals surface area contributed by atoms with Crippen molar-refractivity contribution in [3.8, 4) is 11.6 Å². The second kappa shape index (κ2) is 3.61. The molecule has 0 N–H and O–H groups in total. The molecule has 0 aliphatic heterocycles. The molecule has 4 aromatic rings. The highest BCUT2D eigenvalue weighted by molar-refractivity contribution is 5.91. The summed E-state index contributed by atoms with van der Waals surface area (Å²) in [5.41, 5.74) is 1.23. The maximum absolute atomic E-state index is 13.3. The number of hydrogen-bond donors (Lipinski definition) is 0. The second-order valence-corrected chi connectivity index (χ2v) is 4.10. The van der Waals surface area contributed by atoms with Crippen molar-refractivity contribution < 1.29 is 8.81 Å². The molecule has 0 aliphatic carbocycles. The first-order valence-electron chi connectivity index (χ1n) is 5.66. The zero-order valence-electron chi connectivity index (χ0n) is 9.62. The van der Waals surface area contributed by atoms with Gasteiger partial charge < -0.3 is 4.42 Å². The maximum atomic E-state index is 13.3. The highest BCUT2D eigenvalue weighted by atomic mass is 19.1. The van der Waals surface area contributed by atoms with Crippen molar-refractivity contribution in [1.29, 1.82) is 0 Å². The van der Waals surface area contributed by atoms with Gasteiger partial charge in [0.2, 0.25) is 5.82 Å². The Morgan fingerprint density at radius 3 is 2.95 bits per heavy atom. The summed E-state index contributed by atoms with van der Waals surface area (Å²) in [5, 5.41) is 8.78. The molecule has 0 unspecified atom stereocenters. The van der Waals surface area contributed by atoms with Crippen LogP contribution in [-0.4, -0.2) is 19.6 Å². The predicted octanol–water partition coefficient (Wildman–Crippen LogP) is 2.68. The Morgan fingerprint density at radius 1 is 1.16 bits per heavy atom. The third kappa shape index (κ3) is 1.43. The summed E-state index contributed by atoms with van der Waals surface area (Å²) in [5.74, 6) is 0.800. The number of benzene rings is 1. The molecule has 5 nitrogen and oxygen atoms in total. The van der Waals surface area contributed by atoms with E-state index in [9.17, 15) is 4.39 Å². The summed E-state index contributed by atoms with van der Waals surface area (Å²) in [7, 11) is 0. The van der Waals surface area contributed by atoms with Crippen LogP contribution in [0.2, 0.25) is 0 Å². The van der Waals surface area contributed by atoms with E-state index in [4.69, 9.17) is 4.42 Å². The number of aromatic nitrogens is 4. The lowest BCUT2D eigenvalue weighted by molar-refractivity contribution is 0.576. The van der Waals surface area contributed by atoms with E-state index in [1.807, 2.05) is 0 Å². The van der Waals surface area contributed by atoms with Crippen molar-refractivity contribution in [2.75, 3.05) is 0 Å². The van der Waals surface area contributed by atoms with Crippen LogP contribution in [0.4, 0.5) is 4.39 Å². The third-order valence-corrected chi connectivity index (χ3v) is 2.95. The molecule has 0 spiro atoms. The SMILES string of the molecule is Fc1ccc2ncn3c(-c4ccco4)nnc3c2c1. The molecule has 0 radical (unpaired) electrons. The molecule has 0 aliphatic rings. The van der Waals surface area contributed by atoms with Crippen LogP contribution in [0.15, 0.2) is 47.3 Å². The minimum atomic E-state index is -0.329. The molecule has 1 aromatic carbocycles. The van der Waals surface area contributed by atoms with Gasteiger partial charge in [-0.15, -0.1) is 10.2 Å². The Balaban J connectivity index is 2.11. The average molecular weight is 254 g/mol. The van der Waals surface area contributed by atoms with Crippen LogP contribution in [0.1, 0.15) is 0 Å². The Morgan fingerprint density at radius 2 is 2.11 bits per heavy atom. The zero-order valence-corrected chi connectivity index (χ0v) is 9.62. The quantitative estimate of drug-likeness (QED) is 0.524. The van der Waals surface area contributed by atoms with E-state index in [-0.39, 0.29) is 5.82 Å². The van der Waals surface area contributed by atoms with Gasteiger partial charge in [-0.25, -0.2) is 9.37 Å². The van der Waals surface area contributed by atoms with Gasteiger partial charge in [0.05, 0.1) is 11.8 Å². The zero-order chi connectivity index (χ0) is 12.8. The fraction of sp³-hybridized carbons (Fsp3) is 0. The summed E-state index contributed by atoms with van der Waals surface area (Å²) < 4.78 is 20.3. The first-order chi connectivity index (χ1) is 9.33. The highest BCUT2D eigenvalue weighted by Gasteiger charge is 2.13. The summed E-state index contributed by atoms with van der Waals surface area (Å²) in [4.78, 5) is 4.27. The molecule has 0 amide bonds. The molecule has 3 heterocycles. The Kier molecular flexibility index (Phi) is 1.94. The van der Waals surface area contributed by atoms with Gasteiger partial charge in [-0.3, -0.25) is 4.40 Å². The van der Waals surface area contributed by atoms with Gasteiger partial charge in [-0.1, -0.05) is 0 Å². The van der Waals surface area contributed by atoms with Crippen LogP contribution in [0, 0.1) is 5.82 Å². The Bertz CT molecular complexity index is 882. The van der Waals surface area contributed by atoms with Crippen LogP contribution in [0.3, 0.4) is 0 Å². The number of fused-ring (bicyclic) bond motifs is 3. The normalized spacial score (nSPS) is 11.4. The molecule has 3 aromatic heterocycles. The number of hydrogen-bond acceptors (Lipinski definition) is 4. The number of rotatable bonds is 1. The lowest BCUT2D eigenvalue weighted by Crippen LogP contribution is -1.92. The molecule has 0 saturated carbocycles. The molecule has 92 valence electrons. The second-order valence-electron chi connectivity index (χ2n) is 4.10. The van der Waals surface area contributed by atoms with Gasteiger partial charge in [0.1, 0.15) is 12.1 Å². The molecule has 0 fully saturated rings. The maximum Gasteiger partial charge on any atom is 0.205 e. The van der Waals surface area contributed by atoms with Crippen molar-refractivity contribution in [3.05, 3.63) is 48.7 Å². The van der Waals surface area contributed by atoms with Crippen LogP contribution in [-0.2, 0) is 0 Å². The number of halogens is 1. The van der Waals surface area contributed by atoms with Gasteiger partial charge in [0, 0.05) is 5.39 Å². The predicted molar refractivity (Wildman–Crippen MR) is 65.9 cm³/mol. The van der Waals surface area contributed by atoms with Crippen molar-refractivity contribution in [2.24, 2.45) is 0 Å². The number of furan rings is 1. The third-order valence-electron chi connectivity index (χ3n) is 2.95. The van der Waals surface area contributed by atoms with Crippen molar-refractivity contribution in [3.63, 3.8) is 0 Å². The van der Waals surface area contributed by atoms with Crippen LogP contribution < -0.4 is 0 Å². The van der Waals surface area contributed by atoms with Crippen molar-refractivity contribution in [1.82, 2.24) is 19.6 Å². The fourth-order valence-electron chi connectivity index (χ4n) is 2.08. The lowest BCUT2D eigenvalue weighted by atomic mass is 10.2. The summed E-state index contributed by atoms with van der Waals surface area (Å²) in [6.07, 6.45) is 3.16. The van der Waals surface area contributed by atoms with Gasteiger partial charge in [0.15, 0.2) is 11.4 Å². The summed E-state index contributed by atoms with van der Waals surface area (Å²) >= 11 is 0. The van der Waals surface area contributed by atoms with Crippen molar-refractivity contribution >= 4 is 16.6 Å². The van der Waals surface area contributed by atoms with Gasteiger partial charge in [-0.05, 0) is 30.3 Å². The van der Waals surface area contributed by atoms with Crippen LogP contribution in [0.5, 0.6) is 0 Å². The van der Waals surface area contributed by atoms with Gasteiger partial charge in [0.25, 0.3) is 0 Å². The van der Waals surface area contributed by atoms with Crippen LogP contribution >= 0.6 is 0 Å². The van der Waals surface area contributed by atoms with Gasteiger partial charge in [-0.2, -0.15) is 0 Å². The molecule has 19 heavy (non-hydrogen) atoms. The van der Waals surface area contributed by atoms with E-state index in [0.717, 1.165) is 0 Å². The van der Waals surface area contributed by atoms with Gasteiger partial charge >= 0.3 is 0 Å². The average Bonchev–Trinajstić information content (AvgIpc) is 3.07. The monoisotopic (exact) mass is 254 g/mol. The molecule has 6 heteroatoms. The topological polar surface area (TPSA) is 56.2 Å². The van der Waals surface area contributed by atoms with E-state index >= 15 is 0 Å². The number of nitrogens with zero attached hydrogens (tertiary/aromatic N) is 4. The highest BCUT2D eigenvalue weighted by Crippen LogP contribution is 2.23. The van der Waals surface area contributed by atoms with E-state index in [1.54, 1.807) is 35.2 Å². The molecule has 0 bridgehead atoms. The van der Waals surface area contributed by atoms with Crippen LogP contribution in [0.25, 0.3) is 28.1 Å². The fourth-order valence-corrected chi connectivity index (χ4v) is 2.08. The van der Waals surface area contributed by atoms with E-state index in [2.05, 4.69) is 15.2 Å². The van der Waals surface area contributed by atoms with E-state index in [1.165, 1.54) is 12.1 Å². The largest absolute Gasteiger partial charge is 0.461 e. The molecule has 0 atom stereocenters. The molecule has 0 saturated heterocycles. The minimum absolute atomic E-state index is 0.329. The Hall–Kier alpha value is -2.76. The molecule has 4 rings (SSSR count). The summed E-state index contributed by atoms with van der Waals surface area (Å²) in [6, 6.07) is 7.94. The van der Waals surface area contributed by atoms with E-state index in [0.29, 0.717) is 28.1 Å². The molecular weight excluding hydrogens is 247 g/mol. The van der Waals surface area contributed by atoms with Crippen molar-refractivity contribution in [2.45, 2.75) is 0 Å². The lowest BCUT2D eigenvalue weighted by Gasteiger charge is -2.00. The van der Waals surface area contributed by atoms with E-state index < -0.39 is 0 Å². The Labute approximate surface area is 106 Å². The molecular formula is C13H7FN4O. The summed E-state index contributed by atoms with van der Waals surface area (Å²) in [6.45, 7) is 0. The smallest absolute Gasteiger partial charge is 0.205 e.